The second-order valence-corrected chi connectivity index (χ2v) is 8.83. The van der Waals surface area contributed by atoms with Crippen LogP contribution in [-0.2, 0) is 4.74 Å². The van der Waals surface area contributed by atoms with Gasteiger partial charge in [0.1, 0.15) is 5.60 Å². The first-order chi connectivity index (χ1) is 13.2. The summed E-state index contributed by atoms with van der Waals surface area (Å²) in [6.07, 6.45) is 1.68. The topological polar surface area (TPSA) is 79.5 Å². The van der Waals surface area contributed by atoms with Crippen molar-refractivity contribution in [3.8, 4) is 0 Å². The van der Waals surface area contributed by atoms with Gasteiger partial charge in [-0.3, -0.25) is 4.79 Å². The first-order valence-corrected chi connectivity index (χ1v) is 10.2. The molecule has 6 heteroatoms. The molecule has 28 heavy (non-hydrogen) atoms. The molecule has 6 nitrogen and oxygen atoms in total. The lowest BCUT2D eigenvalue weighted by Gasteiger charge is -2.35. The number of alkyl carbamates (subject to hydrolysis) is 1. The highest BCUT2D eigenvalue weighted by Gasteiger charge is 2.27. The summed E-state index contributed by atoms with van der Waals surface area (Å²) >= 11 is 0. The number of hydrogen-bond donors (Lipinski definition) is 3. The fraction of sp³-hybridized carbons (Fsp3) is 0.636. The van der Waals surface area contributed by atoms with E-state index in [-0.39, 0.29) is 12.3 Å². The largest absolute Gasteiger partial charge is 0.444 e. The van der Waals surface area contributed by atoms with Crippen LogP contribution in [0.3, 0.4) is 0 Å². The van der Waals surface area contributed by atoms with Gasteiger partial charge < -0.3 is 20.7 Å². The molecule has 1 atom stereocenters. The van der Waals surface area contributed by atoms with E-state index in [0.29, 0.717) is 23.4 Å². The molecule has 1 saturated heterocycles. The SMILES string of the molecule is CC(C)C(Nc1ccccc1C(=O)CNC(=O)OC(C)(C)C)C1CCNCC1. The van der Waals surface area contributed by atoms with E-state index >= 15 is 0 Å². The number of carbonyl (C=O) groups is 2. The Morgan fingerprint density at radius 2 is 1.82 bits per heavy atom. The van der Waals surface area contributed by atoms with Gasteiger partial charge in [-0.1, -0.05) is 26.0 Å². The van der Waals surface area contributed by atoms with E-state index in [1.165, 1.54) is 0 Å². The lowest BCUT2D eigenvalue weighted by molar-refractivity contribution is 0.0520. The molecular weight excluding hydrogens is 354 g/mol. The van der Waals surface area contributed by atoms with Crippen molar-refractivity contribution in [1.29, 1.82) is 0 Å². The lowest BCUT2D eigenvalue weighted by Crippen LogP contribution is -2.41. The zero-order chi connectivity index (χ0) is 20.7. The minimum atomic E-state index is -0.591. The maximum absolute atomic E-state index is 12.7. The number of amides is 1. The smallest absolute Gasteiger partial charge is 0.408 e. The molecule has 0 spiro atoms. The summed E-state index contributed by atoms with van der Waals surface area (Å²) in [6.45, 7) is 11.8. The molecule has 0 radical (unpaired) electrons. The Morgan fingerprint density at radius 3 is 2.43 bits per heavy atom. The predicted octanol–water partition coefficient (Wildman–Crippen LogP) is 3.83. The number of ether oxygens (including phenoxy) is 1. The van der Waals surface area contributed by atoms with Crippen LogP contribution in [0, 0.1) is 11.8 Å². The first-order valence-electron chi connectivity index (χ1n) is 10.2. The van der Waals surface area contributed by atoms with Gasteiger partial charge in [0, 0.05) is 17.3 Å². The second kappa shape index (κ2) is 9.92. The molecule has 1 unspecified atom stereocenters. The van der Waals surface area contributed by atoms with Gasteiger partial charge in [-0.25, -0.2) is 4.79 Å². The minimum absolute atomic E-state index is 0.0900. The van der Waals surface area contributed by atoms with Crippen molar-refractivity contribution in [3.63, 3.8) is 0 Å². The van der Waals surface area contributed by atoms with Crippen molar-refractivity contribution < 1.29 is 14.3 Å². The van der Waals surface area contributed by atoms with E-state index in [0.717, 1.165) is 31.6 Å². The number of ketones is 1. The molecule has 0 aliphatic carbocycles. The third-order valence-electron chi connectivity index (χ3n) is 4.95. The van der Waals surface area contributed by atoms with Crippen molar-refractivity contribution in [1.82, 2.24) is 10.6 Å². The Bertz CT molecular complexity index is 661. The number of carbonyl (C=O) groups excluding carboxylic acids is 2. The van der Waals surface area contributed by atoms with Gasteiger partial charge in [0.05, 0.1) is 6.54 Å². The average Bonchev–Trinajstić information content (AvgIpc) is 2.63. The van der Waals surface area contributed by atoms with E-state index < -0.39 is 11.7 Å². The fourth-order valence-corrected chi connectivity index (χ4v) is 3.63. The van der Waals surface area contributed by atoms with Crippen molar-refractivity contribution in [2.45, 2.75) is 59.1 Å². The van der Waals surface area contributed by atoms with Crippen molar-refractivity contribution in [3.05, 3.63) is 29.8 Å². The summed E-state index contributed by atoms with van der Waals surface area (Å²) in [6, 6.07) is 7.83. The molecule has 1 fully saturated rings. The average molecular weight is 390 g/mol. The van der Waals surface area contributed by atoms with Crippen LogP contribution in [0.2, 0.25) is 0 Å². The van der Waals surface area contributed by atoms with Gasteiger partial charge in [-0.2, -0.15) is 0 Å². The number of nitrogens with one attached hydrogen (secondary N) is 3. The number of para-hydroxylation sites is 1. The van der Waals surface area contributed by atoms with Crippen LogP contribution in [0.5, 0.6) is 0 Å². The molecule has 1 amide bonds. The van der Waals surface area contributed by atoms with Crippen molar-refractivity contribution in [2.24, 2.45) is 11.8 Å². The fourth-order valence-electron chi connectivity index (χ4n) is 3.63. The molecule has 1 aliphatic heterocycles. The van der Waals surface area contributed by atoms with E-state index in [1.807, 2.05) is 18.2 Å². The van der Waals surface area contributed by atoms with Gasteiger partial charge in [0.15, 0.2) is 5.78 Å². The van der Waals surface area contributed by atoms with Crippen LogP contribution in [-0.4, -0.2) is 43.2 Å². The van der Waals surface area contributed by atoms with Crippen LogP contribution in [0.15, 0.2) is 24.3 Å². The maximum Gasteiger partial charge on any atom is 0.408 e. The third-order valence-corrected chi connectivity index (χ3v) is 4.95. The highest BCUT2D eigenvalue weighted by Crippen LogP contribution is 2.27. The molecular formula is C22H35N3O3. The van der Waals surface area contributed by atoms with E-state index in [9.17, 15) is 9.59 Å². The quantitative estimate of drug-likeness (QED) is 0.618. The molecule has 1 aromatic rings. The molecule has 3 N–H and O–H groups in total. The van der Waals surface area contributed by atoms with Crippen molar-refractivity contribution in [2.75, 3.05) is 25.0 Å². The third kappa shape index (κ3) is 6.82. The van der Waals surface area contributed by atoms with E-state index in [4.69, 9.17) is 4.74 Å². The number of hydrogen-bond acceptors (Lipinski definition) is 5. The van der Waals surface area contributed by atoms with Gasteiger partial charge in [-0.05, 0) is 70.7 Å². The van der Waals surface area contributed by atoms with Crippen LogP contribution in [0.25, 0.3) is 0 Å². The number of anilines is 1. The molecule has 1 aromatic carbocycles. The lowest BCUT2D eigenvalue weighted by atomic mass is 9.83. The Labute approximate surface area is 168 Å². The summed E-state index contributed by atoms with van der Waals surface area (Å²) in [5.41, 5.74) is 0.834. The number of rotatable bonds is 7. The van der Waals surface area contributed by atoms with E-state index in [1.54, 1.807) is 26.8 Å². The monoisotopic (exact) mass is 389 g/mol. The normalized spacial score (nSPS) is 16.5. The van der Waals surface area contributed by atoms with Gasteiger partial charge in [0.25, 0.3) is 0 Å². The number of Topliss-reactive ketones (excluding diaryl/α,β-unsaturated/α-hetero) is 1. The summed E-state index contributed by atoms with van der Waals surface area (Å²) < 4.78 is 5.21. The van der Waals surface area contributed by atoms with Gasteiger partial charge in [0.2, 0.25) is 0 Å². The van der Waals surface area contributed by atoms with Crippen LogP contribution >= 0.6 is 0 Å². The summed E-state index contributed by atoms with van der Waals surface area (Å²) in [5.74, 6) is 0.886. The Morgan fingerprint density at radius 1 is 1.18 bits per heavy atom. The first kappa shape index (κ1) is 22.2. The highest BCUT2D eigenvalue weighted by atomic mass is 16.6. The molecule has 1 aliphatic rings. The number of benzene rings is 1. The molecule has 0 bridgehead atoms. The maximum atomic E-state index is 12.7. The standard InChI is InChI=1S/C22H35N3O3/c1-15(2)20(16-10-12-23-13-11-16)25-18-9-7-6-8-17(18)19(26)14-24-21(27)28-22(3,4)5/h6-9,15-16,20,23,25H,10-14H2,1-5H3,(H,24,27). The Kier molecular flexibility index (Phi) is 7.87. The summed E-state index contributed by atoms with van der Waals surface area (Å²) in [4.78, 5) is 24.6. The van der Waals surface area contributed by atoms with Crippen molar-refractivity contribution >= 4 is 17.6 Å². The molecule has 156 valence electrons. The zero-order valence-electron chi connectivity index (χ0n) is 17.8. The Hall–Kier alpha value is -2.08. The molecule has 0 saturated carbocycles. The highest BCUT2D eigenvalue weighted by molar-refractivity contribution is 6.03. The predicted molar refractivity (Wildman–Crippen MR) is 113 cm³/mol. The Balaban J connectivity index is 2.06. The number of piperidine rings is 1. The second-order valence-electron chi connectivity index (χ2n) is 8.83. The molecule has 2 rings (SSSR count). The van der Waals surface area contributed by atoms with E-state index in [2.05, 4.69) is 29.8 Å². The molecule has 0 aromatic heterocycles. The summed E-state index contributed by atoms with van der Waals surface area (Å²) in [7, 11) is 0. The summed E-state index contributed by atoms with van der Waals surface area (Å²) in [5, 5.41) is 9.60. The van der Waals surface area contributed by atoms with Gasteiger partial charge >= 0.3 is 6.09 Å². The minimum Gasteiger partial charge on any atom is -0.444 e. The van der Waals surface area contributed by atoms with Crippen LogP contribution < -0.4 is 16.0 Å². The molecule has 1 heterocycles. The van der Waals surface area contributed by atoms with Crippen LogP contribution in [0.4, 0.5) is 10.5 Å². The zero-order valence-corrected chi connectivity index (χ0v) is 17.8. The van der Waals surface area contributed by atoms with Gasteiger partial charge in [-0.15, -0.1) is 0 Å². The van der Waals surface area contributed by atoms with Crippen LogP contribution in [0.1, 0.15) is 57.8 Å².